The van der Waals surface area contributed by atoms with Crippen LogP contribution in [-0.2, 0) is 0 Å². The van der Waals surface area contributed by atoms with Crippen molar-refractivity contribution in [1.29, 1.82) is 0 Å². The van der Waals surface area contributed by atoms with E-state index in [1.807, 2.05) is 0 Å². The molecule has 1 nitrogen and oxygen atoms in total. The molecule has 3 heteroatoms. The first kappa shape index (κ1) is 11.6. The maximum Gasteiger partial charge on any atom is 0.0418 e. The fourth-order valence-corrected chi connectivity index (χ4v) is 3.92. The van der Waals surface area contributed by atoms with Crippen LogP contribution in [0.5, 0.6) is 0 Å². The SMILES string of the molecule is CC1CCC(C(N)c2cc(Br)cs2)CC1. The Morgan fingerprint density at radius 3 is 2.60 bits per heavy atom. The van der Waals surface area contributed by atoms with Gasteiger partial charge in [-0.1, -0.05) is 19.8 Å². The van der Waals surface area contributed by atoms with E-state index in [1.165, 1.54) is 35.0 Å². The second-order valence-electron chi connectivity index (χ2n) is 4.71. The standard InChI is InChI=1S/C12H18BrNS/c1-8-2-4-9(5-3-8)12(14)11-6-10(13)7-15-11/h6-9,12H,2-5,14H2,1H3. The first-order chi connectivity index (χ1) is 7.16. The topological polar surface area (TPSA) is 26.0 Å². The van der Waals surface area contributed by atoms with Crippen molar-refractivity contribution < 1.29 is 0 Å². The van der Waals surface area contributed by atoms with Crippen molar-refractivity contribution in [3.8, 4) is 0 Å². The van der Waals surface area contributed by atoms with Crippen molar-refractivity contribution in [2.45, 2.75) is 38.6 Å². The molecular weight excluding hydrogens is 270 g/mol. The number of hydrogen-bond acceptors (Lipinski definition) is 2. The van der Waals surface area contributed by atoms with Crippen LogP contribution in [0.4, 0.5) is 0 Å². The maximum atomic E-state index is 6.32. The summed E-state index contributed by atoms with van der Waals surface area (Å²) in [5.74, 6) is 1.61. The minimum atomic E-state index is 0.258. The predicted octanol–water partition coefficient (Wildman–Crippen LogP) is 4.34. The lowest BCUT2D eigenvalue weighted by Crippen LogP contribution is -2.24. The number of halogens is 1. The normalized spacial score (nSPS) is 29.0. The molecule has 0 saturated heterocycles. The Hall–Kier alpha value is 0.140. The molecule has 15 heavy (non-hydrogen) atoms. The molecule has 0 spiro atoms. The summed E-state index contributed by atoms with van der Waals surface area (Å²) in [6.45, 7) is 2.35. The van der Waals surface area contributed by atoms with E-state index in [4.69, 9.17) is 5.73 Å². The van der Waals surface area contributed by atoms with Crippen LogP contribution in [0.3, 0.4) is 0 Å². The van der Waals surface area contributed by atoms with Crippen LogP contribution in [0.2, 0.25) is 0 Å². The molecule has 84 valence electrons. The summed E-state index contributed by atoms with van der Waals surface area (Å²) >= 11 is 5.27. The van der Waals surface area contributed by atoms with Crippen LogP contribution in [0.15, 0.2) is 15.9 Å². The third kappa shape index (κ3) is 2.83. The predicted molar refractivity (Wildman–Crippen MR) is 70.1 cm³/mol. The average molecular weight is 288 g/mol. The largest absolute Gasteiger partial charge is 0.323 e. The zero-order chi connectivity index (χ0) is 10.8. The minimum Gasteiger partial charge on any atom is -0.323 e. The summed E-state index contributed by atoms with van der Waals surface area (Å²) in [4.78, 5) is 1.33. The van der Waals surface area contributed by atoms with Crippen LogP contribution in [-0.4, -0.2) is 0 Å². The third-order valence-electron chi connectivity index (χ3n) is 3.48. The molecule has 1 heterocycles. The zero-order valence-electron chi connectivity index (χ0n) is 9.08. The average Bonchev–Trinajstić information content (AvgIpc) is 2.65. The molecule has 1 unspecified atom stereocenters. The van der Waals surface area contributed by atoms with Crippen molar-refractivity contribution in [2.75, 3.05) is 0 Å². The lowest BCUT2D eigenvalue weighted by Gasteiger charge is -2.30. The second kappa shape index (κ2) is 4.98. The molecule has 2 N–H and O–H groups in total. The number of thiophene rings is 1. The van der Waals surface area contributed by atoms with E-state index in [0.717, 1.165) is 5.92 Å². The Labute approximate surface area is 104 Å². The van der Waals surface area contributed by atoms with Crippen molar-refractivity contribution in [1.82, 2.24) is 0 Å². The van der Waals surface area contributed by atoms with Gasteiger partial charge in [0.15, 0.2) is 0 Å². The molecule has 1 aliphatic rings. The molecule has 1 aromatic heterocycles. The Balaban J connectivity index is 1.99. The number of nitrogens with two attached hydrogens (primary N) is 1. The van der Waals surface area contributed by atoms with Gasteiger partial charge in [-0.2, -0.15) is 0 Å². The Morgan fingerprint density at radius 1 is 1.40 bits per heavy atom. The van der Waals surface area contributed by atoms with Crippen molar-refractivity contribution in [3.05, 3.63) is 20.8 Å². The quantitative estimate of drug-likeness (QED) is 0.861. The van der Waals surface area contributed by atoms with E-state index in [0.29, 0.717) is 5.92 Å². The Morgan fingerprint density at radius 2 is 2.07 bits per heavy atom. The van der Waals surface area contributed by atoms with Crippen LogP contribution < -0.4 is 5.73 Å². The maximum absolute atomic E-state index is 6.32. The Kier molecular flexibility index (Phi) is 3.86. The molecule has 0 aliphatic heterocycles. The van der Waals surface area contributed by atoms with Crippen molar-refractivity contribution in [3.63, 3.8) is 0 Å². The van der Waals surface area contributed by atoms with Crippen LogP contribution in [0.1, 0.15) is 43.5 Å². The molecule has 0 bridgehead atoms. The molecule has 0 radical (unpaired) electrons. The third-order valence-corrected chi connectivity index (χ3v) is 5.28. The highest BCUT2D eigenvalue weighted by atomic mass is 79.9. The zero-order valence-corrected chi connectivity index (χ0v) is 11.5. The highest BCUT2D eigenvalue weighted by molar-refractivity contribution is 9.10. The van der Waals surface area contributed by atoms with Gasteiger partial charge >= 0.3 is 0 Å². The molecule has 2 rings (SSSR count). The summed E-state index contributed by atoms with van der Waals surface area (Å²) in [5.41, 5.74) is 6.32. The van der Waals surface area contributed by atoms with E-state index >= 15 is 0 Å². The Bertz CT molecular complexity index is 315. The van der Waals surface area contributed by atoms with Gasteiger partial charge in [-0.05, 0) is 46.7 Å². The summed E-state index contributed by atoms with van der Waals surface area (Å²) in [5, 5.41) is 2.13. The van der Waals surface area contributed by atoms with Crippen LogP contribution in [0.25, 0.3) is 0 Å². The first-order valence-corrected chi connectivity index (χ1v) is 7.33. The molecule has 1 aliphatic carbocycles. The molecule has 1 fully saturated rings. The van der Waals surface area contributed by atoms with Gasteiger partial charge in [-0.25, -0.2) is 0 Å². The van der Waals surface area contributed by atoms with E-state index in [9.17, 15) is 0 Å². The summed E-state index contributed by atoms with van der Waals surface area (Å²) in [6, 6.07) is 2.43. The van der Waals surface area contributed by atoms with Crippen LogP contribution >= 0.6 is 27.3 Å². The van der Waals surface area contributed by atoms with Gasteiger partial charge in [0.05, 0.1) is 0 Å². The fourth-order valence-electron chi connectivity index (χ4n) is 2.38. The molecule has 0 aromatic carbocycles. The van der Waals surface area contributed by atoms with E-state index < -0.39 is 0 Å². The summed E-state index contributed by atoms with van der Waals surface area (Å²) in [7, 11) is 0. The lowest BCUT2D eigenvalue weighted by molar-refractivity contribution is 0.258. The van der Waals surface area contributed by atoms with Crippen molar-refractivity contribution in [2.24, 2.45) is 17.6 Å². The molecule has 1 saturated carbocycles. The monoisotopic (exact) mass is 287 g/mol. The van der Waals surface area contributed by atoms with Crippen molar-refractivity contribution >= 4 is 27.3 Å². The smallest absolute Gasteiger partial charge is 0.0418 e. The molecule has 0 amide bonds. The van der Waals surface area contributed by atoms with Gasteiger partial charge in [0.2, 0.25) is 0 Å². The van der Waals surface area contributed by atoms with Gasteiger partial charge in [0.1, 0.15) is 0 Å². The van der Waals surface area contributed by atoms with Gasteiger partial charge < -0.3 is 5.73 Å². The minimum absolute atomic E-state index is 0.258. The summed E-state index contributed by atoms with van der Waals surface area (Å²) < 4.78 is 1.17. The van der Waals surface area contributed by atoms with Gasteiger partial charge in [0.25, 0.3) is 0 Å². The first-order valence-electron chi connectivity index (χ1n) is 5.66. The molecular formula is C12H18BrNS. The van der Waals surface area contributed by atoms with E-state index in [1.54, 1.807) is 11.3 Å². The highest BCUT2D eigenvalue weighted by Crippen LogP contribution is 2.37. The van der Waals surface area contributed by atoms with E-state index in [-0.39, 0.29) is 6.04 Å². The summed E-state index contributed by atoms with van der Waals surface area (Å²) in [6.07, 6.45) is 5.31. The van der Waals surface area contributed by atoms with E-state index in [2.05, 4.69) is 34.3 Å². The van der Waals surface area contributed by atoms with Gasteiger partial charge in [-0.3, -0.25) is 0 Å². The molecule has 1 aromatic rings. The highest BCUT2D eigenvalue weighted by Gasteiger charge is 2.25. The second-order valence-corrected chi connectivity index (χ2v) is 6.57. The number of rotatable bonds is 2. The van der Waals surface area contributed by atoms with Gasteiger partial charge in [0, 0.05) is 20.8 Å². The number of hydrogen-bond donors (Lipinski definition) is 1. The lowest BCUT2D eigenvalue weighted by atomic mass is 9.79. The van der Waals surface area contributed by atoms with Crippen LogP contribution in [0, 0.1) is 11.8 Å². The van der Waals surface area contributed by atoms with Gasteiger partial charge in [-0.15, -0.1) is 11.3 Å². The molecule has 1 atom stereocenters. The fraction of sp³-hybridized carbons (Fsp3) is 0.667.